The SMILES string of the molecule is CNC(=O)C1(C)CCN(C(CN)c2ccc(Cl)cc2)C1. The number of nitrogens with two attached hydrogens (primary N) is 1. The molecular formula is C15H22ClN3O. The lowest BCUT2D eigenvalue weighted by molar-refractivity contribution is -0.129. The lowest BCUT2D eigenvalue weighted by atomic mass is 9.89. The Morgan fingerprint density at radius 2 is 2.15 bits per heavy atom. The van der Waals surface area contributed by atoms with Crippen molar-refractivity contribution in [2.45, 2.75) is 19.4 Å². The molecule has 20 heavy (non-hydrogen) atoms. The molecule has 1 saturated heterocycles. The molecule has 0 aromatic heterocycles. The molecule has 2 unspecified atom stereocenters. The molecule has 2 rings (SSSR count). The third kappa shape index (κ3) is 2.97. The van der Waals surface area contributed by atoms with E-state index >= 15 is 0 Å². The molecule has 5 heteroatoms. The minimum absolute atomic E-state index is 0.104. The van der Waals surface area contributed by atoms with E-state index in [1.165, 1.54) is 0 Å². The standard InChI is InChI=1S/C15H22ClN3O/c1-15(14(20)18-2)7-8-19(10-15)13(9-17)11-3-5-12(16)6-4-11/h3-6,13H,7-10,17H2,1-2H3,(H,18,20). The van der Waals surface area contributed by atoms with Crippen molar-refractivity contribution in [3.8, 4) is 0 Å². The number of likely N-dealkylation sites (tertiary alicyclic amines) is 1. The van der Waals surface area contributed by atoms with Gasteiger partial charge in [0.2, 0.25) is 5.91 Å². The van der Waals surface area contributed by atoms with Gasteiger partial charge in [0.25, 0.3) is 0 Å². The highest BCUT2D eigenvalue weighted by Gasteiger charge is 2.41. The second kappa shape index (κ2) is 6.12. The topological polar surface area (TPSA) is 58.4 Å². The van der Waals surface area contributed by atoms with Crippen LogP contribution in [0.15, 0.2) is 24.3 Å². The molecule has 0 spiro atoms. The van der Waals surface area contributed by atoms with E-state index in [9.17, 15) is 4.79 Å². The van der Waals surface area contributed by atoms with Gasteiger partial charge in [0.1, 0.15) is 0 Å². The van der Waals surface area contributed by atoms with Gasteiger partial charge in [0.05, 0.1) is 5.41 Å². The molecular weight excluding hydrogens is 274 g/mol. The van der Waals surface area contributed by atoms with Crippen LogP contribution in [0.25, 0.3) is 0 Å². The Morgan fingerprint density at radius 3 is 2.70 bits per heavy atom. The normalized spacial score (nSPS) is 24.6. The van der Waals surface area contributed by atoms with E-state index in [-0.39, 0.29) is 17.4 Å². The van der Waals surface area contributed by atoms with Crippen molar-refractivity contribution >= 4 is 17.5 Å². The number of nitrogens with zero attached hydrogens (tertiary/aromatic N) is 1. The van der Waals surface area contributed by atoms with Crippen LogP contribution >= 0.6 is 11.6 Å². The fourth-order valence-corrected chi connectivity index (χ4v) is 3.06. The Hall–Kier alpha value is -1.10. The second-order valence-electron chi connectivity index (χ2n) is 5.66. The Morgan fingerprint density at radius 1 is 1.50 bits per heavy atom. The zero-order valence-electron chi connectivity index (χ0n) is 12.0. The number of rotatable bonds is 4. The average molecular weight is 296 g/mol. The Labute approximate surface area is 125 Å². The molecule has 110 valence electrons. The molecule has 0 aliphatic carbocycles. The molecule has 1 aliphatic rings. The number of amides is 1. The van der Waals surface area contributed by atoms with Gasteiger partial charge in [-0.25, -0.2) is 0 Å². The summed E-state index contributed by atoms with van der Waals surface area (Å²) in [6, 6.07) is 7.92. The Kier molecular flexibility index (Phi) is 4.68. The summed E-state index contributed by atoms with van der Waals surface area (Å²) in [7, 11) is 1.69. The summed E-state index contributed by atoms with van der Waals surface area (Å²) >= 11 is 5.93. The van der Waals surface area contributed by atoms with Gasteiger partial charge in [-0.05, 0) is 37.6 Å². The van der Waals surface area contributed by atoms with Gasteiger partial charge < -0.3 is 11.1 Å². The highest BCUT2D eigenvalue weighted by Crippen LogP contribution is 2.35. The summed E-state index contributed by atoms with van der Waals surface area (Å²) in [5.41, 5.74) is 6.77. The van der Waals surface area contributed by atoms with Gasteiger partial charge in [0.15, 0.2) is 0 Å². The van der Waals surface area contributed by atoms with E-state index in [4.69, 9.17) is 17.3 Å². The number of hydrogen-bond acceptors (Lipinski definition) is 3. The molecule has 3 N–H and O–H groups in total. The summed E-state index contributed by atoms with van der Waals surface area (Å²) in [5, 5.41) is 3.48. The van der Waals surface area contributed by atoms with Gasteiger partial charge in [-0.3, -0.25) is 9.69 Å². The van der Waals surface area contributed by atoms with Crippen molar-refractivity contribution in [3.63, 3.8) is 0 Å². The Balaban J connectivity index is 2.14. The summed E-state index contributed by atoms with van der Waals surface area (Å²) in [6.45, 7) is 4.16. The quantitative estimate of drug-likeness (QED) is 0.890. The highest BCUT2D eigenvalue weighted by molar-refractivity contribution is 6.30. The minimum atomic E-state index is -0.325. The molecule has 1 aliphatic heterocycles. The average Bonchev–Trinajstić information content (AvgIpc) is 2.84. The van der Waals surface area contributed by atoms with Crippen LogP contribution in [-0.2, 0) is 4.79 Å². The molecule has 1 aromatic carbocycles. The van der Waals surface area contributed by atoms with Crippen molar-refractivity contribution in [2.75, 3.05) is 26.7 Å². The molecule has 2 atom stereocenters. The number of nitrogens with one attached hydrogen (secondary N) is 1. The van der Waals surface area contributed by atoms with Gasteiger partial charge in [-0.2, -0.15) is 0 Å². The maximum absolute atomic E-state index is 12.0. The maximum Gasteiger partial charge on any atom is 0.227 e. The second-order valence-corrected chi connectivity index (χ2v) is 6.10. The maximum atomic E-state index is 12.0. The van der Waals surface area contributed by atoms with Crippen LogP contribution in [0.1, 0.15) is 24.9 Å². The summed E-state index contributed by atoms with van der Waals surface area (Å²) in [5.74, 6) is 0.104. The first-order chi connectivity index (χ1) is 9.50. The first-order valence-corrected chi connectivity index (χ1v) is 7.30. The molecule has 1 heterocycles. The predicted octanol–water partition coefficient (Wildman–Crippen LogP) is 1.80. The van der Waals surface area contributed by atoms with E-state index < -0.39 is 0 Å². The smallest absolute Gasteiger partial charge is 0.227 e. The number of halogens is 1. The fraction of sp³-hybridized carbons (Fsp3) is 0.533. The third-order valence-electron chi connectivity index (χ3n) is 4.20. The van der Waals surface area contributed by atoms with E-state index in [0.29, 0.717) is 6.54 Å². The molecule has 1 amide bonds. The van der Waals surface area contributed by atoms with Crippen molar-refractivity contribution in [1.82, 2.24) is 10.2 Å². The highest BCUT2D eigenvalue weighted by atomic mass is 35.5. The molecule has 1 aromatic rings. The molecule has 1 fully saturated rings. The van der Waals surface area contributed by atoms with Crippen LogP contribution in [0.4, 0.5) is 0 Å². The summed E-state index contributed by atoms with van der Waals surface area (Å²) in [6.07, 6.45) is 0.858. The lowest BCUT2D eigenvalue weighted by Gasteiger charge is -2.29. The van der Waals surface area contributed by atoms with E-state index in [1.807, 2.05) is 31.2 Å². The molecule has 0 radical (unpaired) electrons. The predicted molar refractivity (Wildman–Crippen MR) is 81.6 cm³/mol. The summed E-state index contributed by atoms with van der Waals surface area (Å²) in [4.78, 5) is 14.3. The van der Waals surface area contributed by atoms with Gasteiger partial charge in [-0.15, -0.1) is 0 Å². The Bertz CT molecular complexity index is 477. The number of hydrogen-bond donors (Lipinski definition) is 2. The van der Waals surface area contributed by atoms with Crippen LogP contribution in [0, 0.1) is 5.41 Å². The van der Waals surface area contributed by atoms with Gasteiger partial charge in [0, 0.05) is 31.2 Å². The molecule has 0 bridgehead atoms. The van der Waals surface area contributed by atoms with Crippen molar-refractivity contribution < 1.29 is 4.79 Å². The zero-order chi connectivity index (χ0) is 14.8. The van der Waals surface area contributed by atoms with Crippen LogP contribution in [-0.4, -0.2) is 37.5 Å². The van der Waals surface area contributed by atoms with Crippen LogP contribution in [0.2, 0.25) is 5.02 Å². The minimum Gasteiger partial charge on any atom is -0.359 e. The lowest BCUT2D eigenvalue weighted by Crippen LogP contribution is -2.40. The van der Waals surface area contributed by atoms with Gasteiger partial charge >= 0.3 is 0 Å². The molecule has 0 saturated carbocycles. The van der Waals surface area contributed by atoms with Gasteiger partial charge in [-0.1, -0.05) is 23.7 Å². The van der Waals surface area contributed by atoms with E-state index in [1.54, 1.807) is 7.05 Å². The van der Waals surface area contributed by atoms with E-state index in [0.717, 1.165) is 30.1 Å². The first-order valence-electron chi connectivity index (χ1n) is 6.92. The van der Waals surface area contributed by atoms with Crippen LogP contribution in [0.3, 0.4) is 0 Å². The summed E-state index contributed by atoms with van der Waals surface area (Å²) < 4.78 is 0. The monoisotopic (exact) mass is 295 g/mol. The van der Waals surface area contributed by atoms with E-state index in [2.05, 4.69) is 10.2 Å². The van der Waals surface area contributed by atoms with Crippen LogP contribution in [0.5, 0.6) is 0 Å². The van der Waals surface area contributed by atoms with Crippen molar-refractivity contribution in [1.29, 1.82) is 0 Å². The van der Waals surface area contributed by atoms with Crippen molar-refractivity contribution in [3.05, 3.63) is 34.9 Å². The fourth-order valence-electron chi connectivity index (χ4n) is 2.93. The third-order valence-corrected chi connectivity index (χ3v) is 4.45. The molecule has 4 nitrogen and oxygen atoms in total. The number of carbonyl (C=O) groups is 1. The number of carbonyl (C=O) groups excluding carboxylic acids is 1. The largest absolute Gasteiger partial charge is 0.359 e. The first kappa shape index (κ1) is 15.3. The van der Waals surface area contributed by atoms with Crippen LogP contribution < -0.4 is 11.1 Å². The number of benzene rings is 1. The van der Waals surface area contributed by atoms with Crippen molar-refractivity contribution in [2.24, 2.45) is 11.1 Å². The zero-order valence-corrected chi connectivity index (χ0v) is 12.8.